The predicted octanol–water partition coefficient (Wildman–Crippen LogP) is 4.47. The monoisotopic (exact) mass is 378 g/mol. The fourth-order valence-electron chi connectivity index (χ4n) is 4.37. The third-order valence-corrected chi connectivity index (χ3v) is 7.04. The molecular formula is C22H26N4S. The minimum Gasteiger partial charge on any atom is -0.340 e. The number of piperidine rings is 1. The van der Waals surface area contributed by atoms with Gasteiger partial charge in [0.2, 0.25) is 0 Å². The largest absolute Gasteiger partial charge is 0.340 e. The molecule has 0 spiro atoms. The van der Waals surface area contributed by atoms with Crippen LogP contribution in [0.15, 0.2) is 59.9 Å². The SMILES string of the molecule is C1=C(c2ccncc2)N(CCCN2CCCCC2)C2Sc3ccccc3N12. The van der Waals surface area contributed by atoms with Crippen molar-refractivity contribution in [2.24, 2.45) is 0 Å². The van der Waals surface area contributed by atoms with Gasteiger partial charge in [0.1, 0.15) is 0 Å². The molecule has 1 unspecified atom stereocenters. The summed E-state index contributed by atoms with van der Waals surface area (Å²) in [5.74, 6) is 0. The molecule has 3 aliphatic rings. The van der Waals surface area contributed by atoms with Gasteiger partial charge in [0.25, 0.3) is 0 Å². The van der Waals surface area contributed by atoms with Gasteiger partial charge in [-0.3, -0.25) is 4.98 Å². The predicted molar refractivity (Wildman–Crippen MR) is 112 cm³/mol. The van der Waals surface area contributed by atoms with E-state index in [2.05, 4.69) is 62.3 Å². The normalized spacial score (nSPS) is 21.9. The first kappa shape index (κ1) is 17.1. The summed E-state index contributed by atoms with van der Waals surface area (Å²) in [5, 5.41) is 0. The highest BCUT2D eigenvalue weighted by Gasteiger charge is 2.39. The number of rotatable bonds is 5. The number of aromatic nitrogens is 1. The van der Waals surface area contributed by atoms with Crippen LogP contribution >= 0.6 is 11.8 Å². The summed E-state index contributed by atoms with van der Waals surface area (Å²) in [6, 6.07) is 13.0. The van der Waals surface area contributed by atoms with Crippen molar-refractivity contribution in [2.45, 2.75) is 36.1 Å². The number of likely N-dealkylation sites (tertiary alicyclic amines) is 1. The minimum atomic E-state index is 0.340. The van der Waals surface area contributed by atoms with Gasteiger partial charge in [0.15, 0.2) is 5.50 Å². The van der Waals surface area contributed by atoms with Crippen molar-refractivity contribution < 1.29 is 0 Å². The Morgan fingerprint density at radius 2 is 1.78 bits per heavy atom. The lowest BCUT2D eigenvalue weighted by molar-refractivity contribution is 0.217. The van der Waals surface area contributed by atoms with Crippen LogP contribution in [0.3, 0.4) is 0 Å². The number of fused-ring (bicyclic) bond motifs is 3. The molecule has 4 nitrogen and oxygen atoms in total. The Morgan fingerprint density at radius 1 is 0.963 bits per heavy atom. The van der Waals surface area contributed by atoms with Gasteiger partial charge in [-0.15, -0.1) is 0 Å². The second-order valence-corrected chi connectivity index (χ2v) is 8.62. The molecule has 1 fully saturated rings. The first-order valence-electron chi connectivity index (χ1n) is 10.1. The highest BCUT2D eigenvalue weighted by Crippen LogP contribution is 2.50. The van der Waals surface area contributed by atoms with E-state index < -0.39 is 0 Å². The topological polar surface area (TPSA) is 22.6 Å². The van der Waals surface area contributed by atoms with Gasteiger partial charge in [-0.1, -0.05) is 30.3 Å². The van der Waals surface area contributed by atoms with E-state index in [1.54, 1.807) is 0 Å². The van der Waals surface area contributed by atoms with Crippen molar-refractivity contribution in [3.05, 3.63) is 60.6 Å². The second-order valence-electron chi connectivity index (χ2n) is 7.52. The number of benzene rings is 1. The van der Waals surface area contributed by atoms with Gasteiger partial charge in [-0.25, -0.2) is 0 Å². The standard InChI is InChI=1S/C22H26N4S/c1-4-13-24(14-5-1)15-6-16-25-20(18-9-11-23-12-10-18)17-26-19-7-2-3-8-21(19)27-22(25)26/h2-3,7-12,17,22H,1,4-6,13-16H2. The molecule has 4 heterocycles. The van der Waals surface area contributed by atoms with E-state index in [-0.39, 0.29) is 0 Å². The summed E-state index contributed by atoms with van der Waals surface area (Å²) in [4.78, 5) is 13.3. The Bertz CT molecular complexity index is 816. The molecule has 0 radical (unpaired) electrons. The molecule has 27 heavy (non-hydrogen) atoms. The lowest BCUT2D eigenvalue weighted by atomic mass is 10.1. The smallest absolute Gasteiger partial charge is 0.159 e. The van der Waals surface area contributed by atoms with Crippen LogP contribution < -0.4 is 4.90 Å². The third kappa shape index (κ3) is 3.34. The summed E-state index contributed by atoms with van der Waals surface area (Å²) >= 11 is 1.97. The van der Waals surface area contributed by atoms with Gasteiger partial charge >= 0.3 is 0 Å². The van der Waals surface area contributed by atoms with Gasteiger partial charge < -0.3 is 14.7 Å². The van der Waals surface area contributed by atoms with E-state index in [1.807, 2.05) is 24.2 Å². The van der Waals surface area contributed by atoms with E-state index in [0.717, 1.165) is 6.54 Å². The number of anilines is 1. The average Bonchev–Trinajstić information content (AvgIpc) is 3.26. The molecule has 0 N–H and O–H groups in total. The first-order valence-corrected chi connectivity index (χ1v) is 10.9. The lowest BCUT2D eigenvalue weighted by Gasteiger charge is -2.31. The van der Waals surface area contributed by atoms with E-state index in [4.69, 9.17) is 0 Å². The Hall–Kier alpha value is -1.98. The molecule has 1 aromatic heterocycles. The molecule has 1 atom stereocenters. The van der Waals surface area contributed by atoms with Crippen molar-refractivity contribution in [1.29, 1.82) is 0 Å². The maximum atomic E-state index is 4.20. The van der Waals surface area contributed by atoms with Gasteiger partial charge in [0.05, 0.1) is 11.4 Å². The Morgan fingerprint density at radius 3 is 2.63 bits per heavy atom. The fraction of sp³-hybridized carbons (Fsp3) is 0.409. The molecule has 3 aliphatic heterocycles. The van der Waals surface area contributed by atoms with Crippen LogP contribution in [-0.2, 0) is 0 Å². The molecule has 5 heteroatoms. The zero-order valence-corrected chi connectivity index (χ0v) is 16.4. The summed E-state index contributed by atoms with van der Waals surface area (Å²) in [5.41, 5.74) is 4.25. The van der Waals surface area contributed by atoms with Crippen molar-refractivity contribution >= 4 is 23.1 Å². The molecule has 0 amide bonds. The molecule has 1 saturated heterocycles. The molecule has 0 saturated carbocycles. The number of thioether (sulfide) groups is 1. The van der Waals surface area contributed by atoms with E-state index in [0.29, 0.717) is 5.50 Å². The van der Waals surface area contributed by atoms with E-state index in [9.17, 15) is 0 Å². The maximum absolute atomic E-state index is 4.20. The zero-order valence-electron chi connectivity index (χ0n) is 15.6. The number of para-hydroxylation sites is 1. The number of hydrogen-bond donors (Lipinski definition) is 0. The average molecular weight is 379 g/mol. The number of nitrogens with zero attached hydrogens (tertiary/aromatic N) is 4. The van der Waals surface area contributed by atoms with Crippen molar-refractivity contribution in [1.82, 2.24) is 14.8 Å². The quantitative estimate of drug-likeness (QED) is 0.764. The van der Waals surface area contributed by atoms with Crippen LogP contribution in [0.1, 0.15) is 31.2 Å². The summed E-state index contributed by atoms with van der Waals surface area (Å²) in [6.45, 7) is 4.86. The Balaban J connectivity index is 1.36. The summed E-state index contributed by atoms with van der Waals surface area (Å²) in [6.07, 6.45) is 11.5. The number of pyridine rings is 1. The molecule has 0 aliphatic carbocycles. The van der Waals surface area contributed by atoms with Crippen LogP contribution in [0.5, 0.6) is 0 Å². The first-order chi connectivity index (χ1) is 13.4. The van der Waals surface area contributed by atoms with Crippen molar-refractivity contribution in [3.63, 3.8) is 0 Å². The fourth-order valence-corrected chi connectivity index (χ4v) is 5.69. The minimum absolute atomic E-state index is 0.340. The van der Waals surface area contributed by atoms with Crippen LogP contribution in [-0.4, -0.2) is 46.5 Å². The van der Waals surface area contributed by atoms with Crippen LogP contribution in [0.25, 0.3) is 5.70 Å². The van der Waals surface area contributed by atoms with Crippen LogP contribution in [0.4, 0.5) is 5.69 Å². The number of hydrogen-bond acceptors (Lipinski definition) is 5. The molecule has 2 aromatic rings. The third-order valence-electron chi connectivity index (χ3n) is 5.75. The Kier molecular flexibility index (Phi) is 4.80. The van der Waals surface area contributed by atoms with Crippen molar-refractivity contribution in [2.75, 3.05) is 31.1 Å². The van der Waals surface area contributed by atoms with E-state index in [1.165, 1.54) is 67.2 Å². The summed E-state index contributed by atoms with van der Waals surface area (Å²) < 4.78 is 0. The summed E-state index contributed by atoms with van der Waals surface area (Å²) in [7, 11) is 0. The maximum Gasteiger partial charge on any atom is 0.159 e. The van der Waals surface area contributed by atoms with Crippen LogP contribution in [0, 0.1) is 0 Å². The molecule has 140 valence electrons. The van der Waals surface area contributed by atoms with Crippen LogP contribution in [0.2, 0.25) is 0 Å². The van der Waals surface area contributed by atoms with Gasteiger partial charge in [-0.2, -0.15) is 0 Å². The Labute approximate surface area is 165 Å². The van der Waals surface area contributed by atoms with Gasteiger partial charge in [0, 0.05) is 35.6 Å². The van der Waals surface area contributed by atoms with E-state index >= 15 is 0 Å². The molecule has 5 rings (SSSR count). The lowest BCUT2D eigenvalue weighted by Crippen LogP contribution is -2.37. The highest BCUT2D eigenvalue weighted by molar-refractivity contribution is 8.00. The molecule has 1 aromatic carbocycles. The van der Waals surface area contributed by atoms with Gasteiger partial charge in [-0.05, 0) is 63.2 Å². The highest BCUT2D eigenvalue weighted by atomic mass is 32.2. The second kappa shape index (κ2) is 7.56. The molecule has 0 bridgehead atoms. The van der Waals surface area contributed by atoms with Crippen molar-refractivity contribution in [3.8, 4) is 0 Å². The zero-order chi connectivity index (χ0) is 18.1. The molecular weight excluding hydrogens is 352 g/mol.